The van der Waals surface area contributed by atoms with E-state index in [4.69, 9.17) is 0 Å². The van der Waals surface area contributed by atoms with Crippen molar-refractivity contribution < 1.29 is 19.5 Å². The van der Waals surface area contributed by atoms with Gasteiger partial charge in [0.25, 0.3) is 0 Å². The minimum absolute atomic E-state index is 0. The fourth-order valence-electron chi connectivity index (χ4n) is 0.861. The molecule has 0 aromatic carbocycles. The Kier molecular flexibility index (Phi) is 13.6. The van der Waals surface area contributed by atoms with Gasteiger partial charge in [0, 0.05) is 49.6 Å². The summed E-state index contributed by atoms with van der Waals surface area (Å²) < 4.78 is 0. The quantitative estimate of drug-likeness (QED) is 0.365. The van der Waals surface area contributed by atoms with Crippen molar-refractivity contribution in [2.24, 2.45) is 0 Å². The molecule has 0 aliphatic rings. The molecule has 9 heteroatoms. The number of imidazole rings is 4. The molecular formula is C12H16N8Zn+2. The molecule has 0 atom stereocenters. The molecule has 0 unspecified atom stereocenters. The molecule has 0 amide bonds. The zero-order valence-corrected chi connectivity index (χ0v) is 14.4. The molecule has 0 spiro atoms. The summed E-state index contributed by atoms with van der Waals surface area (Å²) in [6.07, 6.45) is 20.3. The van der Waals surface area contributed by atoms with E-state index in [1.807, 2.05) is 0 Å². The predicted octanol–water partition coefficient (Wildman–Crippen LogP) is 1.64. The summed E-state index contributed by atoms with van der Waals surface area (Å²) in [6, 6.07) is 0. The number of hydrogen-bond donors (Lipinski definition) is 4. The molecule has 0 aliphatic carbocycles. The number of nitrogens with one attached hydrogen (secondary N) is 4. The Morgan fingerprint density at radius 3 is 0.714 bits per heavy atom. The molecule has 0 radical (unpaired) electrons. The zero-order chi connectivity index (χ0) is 14.1. The zero-order valence-electron chi connectivity index (χ0n) is 11.4. The van der Waals surface area contributed by atoms with Crippen molar-refractivity contribution in [3.63, 3.8) is 0 Å². The first-order valence-electron chi connectivity index (χ1n) is 5.71. The first kappa shape index (κ1) is 18.5. The van der Waals surface area contributed by atoms with Crippen LogP contribution < -0.4 is 0 Å². The molecule has 4 aromatic heterocycles. The van der Waals surface area contributed by atoms with Crippen LogP contribution in [0.1, 0.15) is 0 Å². The third kappa shape index (κ3) is 13.7. The smallest absolute Gasteiger partial charge is 0.351 e. The SMILES string of the molecule is [Zn+2].c1c[nH]cn1.c1c[nH]cn1.c1c[nH]cn1.c1c[nH]cn1. The average molecular weight is 338 g/mol. The van der Waals surface area contributed by atoms with Crippen LogP contribution in [-0.4, -0.2) is 39.9 Å². The van der Waals surface area contributed by atoms with Crippen LogP contribution in [0.3, 0.4) is 0 Å². The van der Waals surface area contributed by atoms with Gasteiger partial charge in [0.1, 0.15) is 0 Å². The third-order valence-corrected chi connectivity index (χ3v) is 1.62. The van der Waals surface area contributed by atoms with Gasteiger partial charge in [-0.2, -0.15) is 0 Å². The fourth-order valence-corrected chi connectivity index (χ4v) is 0.861. The van der Waals surface area contributed by atoms with Gasteiger partial charge in [-0.05, 0) is 0 Å². The molecule has 4 rings (SSSR count). The minimum atomic E-state index is 0. The maximum Gasteiger partial charge on any atom is 2.00 e. The second-order valence-corrected chi connectivity index (χ2v) is 3.04. The van der Waals surface area contributed by atoms with Crippen LogP contribution in [-0.2, 0) is 19.5 Å². The molecule has 0 aliphatic heterocycles. The van der Waals surface area contributed by atoms with Gasteiger partial charge in [-0.25, -0.2) is 19.9 Å². The predicted molar refractivity (Wildman–Crippen MR) is 74.4 cm³/mol. The maximum atomic E-state index is 3.67. The molecular weight excluding hydrogens is 322 g/mol. The molecule has 21 heavy (non-hydrogen) atoms. The monoisotopic (exact) mass is 336 g/mol. The van der Waals surface area contributed by atoms with Gasteiger partial charge in [0.2, 0.25) is 0 Å². The van der Waals surface area contributed by atoms with E-state index in [9.17, 15) is 0 Å². The topological polar surface area (TPSA) is 115 Å². The first-order chi connectivity index (χ1) is 10.0. The van der Waals surface area contributed by atoms with Crippen LogP contribution in [0.15, 0.2) is 74.9 Å². The molecule has 4 N–H and O–H groups in total. The van der Waals surface area contributed by atoms with E-state index in [0.29, 0.717) is 0 Å². The summed E-state index contributed by atoms with van der Waals surface area (Å²) in [4.78, 5) is 25.7. The number of nitrogens with zero attached hydrogens (tertiary/aromatic N) is 4. The van der Waals surface area contributed by atoms with Crippen molar-refractivity contribution in [2.45, 2.75) is 0 Å². The van der Waals surface area contributed by atoms with Crippen LogP contribution >= 0.6 is 0 Å². The summed E-state index contributed by atoms with van der Waals surface area (Å²) in [6.45, 7) is 0. The van der Waals surface area contributed by atoms with Gasteiger partial charge in [0.15, 0.2) is 0 Å². The molecule has 0 bridgehead atoms. The van der Waals surface area contributed by atoms with Crippen molar-refractivity contribution in [2.75, 3.05) is 0 Å². The van der Waals surface area contributed by atoms with E-state index in [0.717, 1.165) is 0 Å². The van der Waals surface area contributed by atoms with Crippen LogP contribution in [0.4, 0.5) is 0 Å². The molecule has 4 aromatic rings. The summed E-state index contributed by atoms with van der Waals surface area (Å²) in [5.41, 5.74) is 0. The fraction of sp³-hybridized carbons (Fsp3) is 0. The van der Waals surface area contributed by atoms with Gasteiger partial charge in [0.05, 0.1) is 25.3 Å². The number of aromatic amines is 4. The Hall–Kier alpha value is -2.54. The van der Waals surface area contributed by atoms with Crippen LogP contribution in [0.25, 0.3) is 0 Å². The van der Waals surface area contributed by atoms with Gasteiger partial charge in [-0.3, -0.25) is 0 Å². The van der Waals surface area contributed by atoms with Gasteiger partial charge >= 0.3 is 19.5 Å². The second kappa shape index (κ2) is 15.5. The number of aromatic nitrogens is 8. The molecule has 104 valence electrons. The second-order valence-electron chi connectivity index (χ2n) is 3.04. The van der Waals surface area contributed by atoms with Gasteiger partial charge in [-0.15, -0.1) is 0 Å². The molecule has 0 fully saturated rings. The van der Waals surface area contributed by atoms with E-state index in [-0.39, 0.29) is 19.5 Å². The Balaban J connectivity index is 0.000000250. The largest absolute Gasteiger partial charge is 2.00 e. The van der Waals surface area contributed by atoms with Crippen molar-refractivity contribution in [1.29, 1.82) is 0 Å². The van der Waals surface area contributed by atoms with E-state index < -0.39 is 0 Å². The van der Waals surface area contributed by atoms with Gasteiger partial charge < -0.3 is 19.9 Å². The summed E-state index contributed by atoms with van der Waals surface area (Å²) in [5.74, 6) is 0. The summed E-state index contributed by atoms with van der Waals surface area (Å²) in [7, 11) is 0. The Bertz CT molecular complexity index is 356. The van der Waals surface area contributed by atoms with Gasteiger partial charge in [-0.1, -0.05) is 0 Å². The first-order valence-corrected chi connectivity index (χ1v) is 5.71. The van der Waals surface area contributed by atoms with Crippen LogP contribution in [0, 0.1) is 0 Å². The Morgan fingerprint density at radius 1 is 0.429 bits per heavy atom. The Morgan fingerprint density at radius 2 is 0.667 bits per heavy atom. The number of H-pyrrole nitrogens is 4. The van der Waals surface area contributed by atoms with Crippen molar-refractivity contribution in [3.05, 3.63) is 74.9 Å². The molecule has 0 saturated heterocycles. The van der Waals surface area contributed by atoms with Crippen LogP contribution in [0.5, 0.6) is 0 Å². The molecule has 4 heterocycles. The van der Waals surface area contributed by atoms with E-state index in [1.54, 1.807) is 74.9 Å². The van der Waals surface area contributed by atoms with Crippen LogP contribution in [0.2, 0.25) is 0 Å². The molecule has 8 nitrogen and oxygen atoms in total. The van der Waals surface area contributed by atoms with E-state index >= 15 is 0 Å². The number of rotatable bonds is 0. The summed E-state index contributed by atoms with van der Waals surface area (Å²) in [5, 5.41) is 0. The van der Waals surface area contributed by atoms with Crippen molar-refractivity contribution in [3.8, 4) is 0 Å². The standard InChI is InChI=1S/4C3H4N2.Zn/c4*1-2-5-3-4-1;/h4*1-3H,(H,4,5);/q;;;;+2. The van der Waals surface area contributed by atoms with Crippen molar-refractivity contribution in [1.82, 2.24) is 39.9 Å². The Labute approximate surface area is 134 Å². The average Bonchev–Trinajstić information content (AvgIpc) is 3.40. The van der Waals surface area contributed by atoms with E-state index in [1.165, 1.54) is 0 Å². The third-order valence-electron chi connectivity index (χ3n) is 1.62. The molecule has 0 saturated carbocycles. The van der Waals surface area contributed by atoms with E-state index in [2.05, 4.69) is 39.9 Å². The summed E-state index contributed by atoms with van der Waals surface area (Å²) >= 11 is 0. The maximum absolute atomic E-state index is 3.67. The normalized spacial score (nSPS) is 7.62. The van der Waals surface area contributed by atoms with Crippen molar-refractivity contribution >= 4 is 0 Å². The number of hydrogen-bond acceptors (Lipinski definition) is 4. The minimum Gasteiger partial charge on any atom is -0.351 e.